The molecule has 3 aromatic rings. The van der Waals surface area contributed by atoms with Gasteiger partial charge in [-0.2, -0.15) is 0 Å². The zero-order valence-electron chi connectivity index (χ0n) is 19.8. The predicted octanol–water partition coefficient (Wildman–Crippen LogP) is 5.36. The summed E-state index contributed by atoms with van der Waals surface area (Å²) in [7, 11) is 0. The van der Waals surface area contributed by atoms with Crippen LogP contribution in [0.25, 0.3) is 0 Å². The van der Waals surface area contributed by atoms with Gasteiger partial charge in [0.25, 0.3) is 0 Å². The number of nitrogens with zero attached hydrogens (tertiary/aromatic N) is 1. The van der Waals surface area contributed by atoms with Gasteiger partial charge in [-0.3, -0.25) is 4.98 Å². The van der Waals surface area contributed by atoms with E-state index in [0.29, 0.717) is 25.0 Å². The smallest absolute Gasteiger partial charge is 0.123 e. The van der Waals surface area contributed by atoms with Gasteiger partial charge in [0.05, 0.1) is 6.10 Å². The lowest BCUT2D eigenvalue weighted by Gasteiger charge is -2.55. The molecule has 4 nitrogen and oxygen atoms in total. The molecule has 178 valence electrons. The minimum atomic E-state index is -1.36. The van der Waals surface area contributed by atoms with Crippen molar-refractivity contribution >= 4 is 0 Å². The average Bonchev–Trinajstić information content (AvgIpc) is 2.84. The van der Waals surface area contributed by atoms with Crippen LogP contribution in [0.5, 0.6) is 5.75 Å². The van der Waals surface area contributed by atoms with Gasteiger partial charge in [-0.05, 0) is 92.0 Å². The highest BCUT2D eigenvalue weighted by atomic mass is 19.1. The number of pyridine rings is 1. The molecule has 0 radical (unpaired) electrons. The molecular weight excluding hydrogens is 429 g/mol. The molecule has 0 saturated heterocycles. The van der Waals surface area contributed by atoms with Crippen LogP contribution < -0.4 is 4.74 Å². The molecule has 0 spiro atoms. The Morgan fingerprint density at radius 1 is 1.12 bits per heavy atom. The first kappa shape index (κ1) is 23.0. The van der Waals surface area contributed by atoms with Crippen molar-refractivity contribution in [2.75, 3.05) is 0 Å². The molecule has 1 saturated carbocycles. The number of rotatable bonds is 5. The summed E-state index contributed by atoms with van der Waals surface area (Å²) in [5, 5.41) is 22.8. The number of halogens is 1. The topological polar surface area (TPSA) is 62.6 Å². The summed E-state index contributed by atoms with van der Waals surface area (Å²) in [6, 6.07) is 16.2. The Morgan fingerprint density at radius 2 is 1.91 bits per heavy atom. The van der Waals surface area contributed by atoms with E-state index in [9.17, 15) is 14.6 Å². The summed E-state index contributed by atoms with van der Waals surface area (Å²) in [5.74, 6) is 0.725. The lowest BCUT2D eigenvalue weighted by atomic mass is 9.52. The first-order valence-corrected chi connectivity index (χ1v) is 12.2. The van der Waals surface area contributed by atoms with Gasteiger partial charge in [-0.1, -0.05) is 31.2 Å². The Kier molecular flexibility index (Phi) is 5.95. The van der Waals surface area contributed by atoms with E-state index in [1.165, 1.54) is 23.3 Å². The maximum atomic E-state index is 13.5. The standard InChI is InChI=1S/C29H32FNO3/c1-3-28-17-27(32)29(33,22-8-10-24(30)11-9-22)16-23(28)7-6-20-15-25(12-13-26(20)28)34-18-21-5-4-14-31-19(21)2/h4-5,8-15,23,27,32-33H,3,6-7,16-18H2,1-2H3/t23-,27?,28?,29?/m1/s1. The van der Waals surface area contributed by atoms with Crippen LogP contribution in [0.3, 0.4) is 0 Å². The fraction of sp³-hybridized carbons (Fsp3) is 0.414. The second-order valence-corrected chi connectivity index (χ2v) is 9.96. The molecule has 4 atom stereocenters. The maximum Gasteiger partial charge on any atom is 0.123 e. The Bertz CT molecular complexity index is 1180. The third-order valence-electron chi connectivity index (χ3n) is 8.31. The second kappa shape index (κ2) is 8.79. The fourth-order valence-corrected chi connectivity index (χ4v) is 6.28. The van der Waals surface area contributed by atoms with Crippen molar-refractivity contribution in [2.24, 2.45) is 5.92 Å². The summed E-state index contributed by atoms with van der Waals surface area (Å²) in [6.45, 7) is 4.63. The lowest BCUT2D eigenvalue weighted by molar-refractivity contribution is -0.146. The largest absolute Gasteiger partial charge is 0.489 e. The van der Waals surface area contributed by atoms with E-state index < -0.39 is 11.7 Å². The lowest BCUT2D eigenvalue weighted by Crippen LogP contribution is -2.56. The summed E-state index contributed by atoms with van der Waals surface area (Å²) in [6.07, 6.45) is 4.52. The minimum absolute atomic E-state index is 0.197. The summed E-state index contributed by atoms with van der Waals surface area (Å²) in [5.41, 5.74) is 3.59. The molecule has 3 unspecified atom stereocenters. The van der Waals surface area contributed by atoms with E-state index in [0.717, 1.165) is 36.3 Å². The van der Waals surface area contributed by atoms with Crippen molar-refractivity contribution in [1.29, 1.82) is 0 Å². The number of aliphatic hydroxyl groups excluding tert-OH is 1. The number of aromatic nitrogens is 1. The molecule has 34 heavy (non-hydrogen) atoms. The third kappa shape index (κ3) is 3.81. The van der Waals surface area contributed by atoms with Crippen molar-refractivity contribution < 1.29 is 19.3 Å². The monoisotopic (exact) mass is 461 g/mol. The van der Waals surface area contributed by atoms with Crippen LogP contribution >= 0.6 is 0 Å². The molecule has 2 aliphatic carbocycles. The molecule has 5 rings (SSSR count). The molecule has 0 bridgehead atoms. The van der Waals surface area contributed by atoms with Gasteiger partial charge in [0.2, 0.25) is 0 Å². The molecule has 2 N–H and O–H groups in total. The van der Waals surface area contributed by atoms with Gasteiger partial charge in [-0.15, -0.1) is 0 Å². The number of benzene rings is 2. The fourth-order valence-electron chi connectivity index (χ4n) is 6.28. The highest BCUT2D eigenvalue weighted by Crippen LogP contribution is 2.56. The first-order valence-electron chi connectivity index (χ1n) is 12.2. The SMILES string of the molecule is CCC12CC(O)C(O)(c3ccc(F)cc3)C[C@H]1CCc1cc(OCc3cccnc3C)ccc12. The van der Waals surface area contributed by atoms with Crippen molar-refractivity contribution in [3.63, 3.8) is 0 Å². The Labute approximate surface area is 200 Å². The third-order valence-corrected chi connectivity index (χ3v) is 8.31. The van der Waals surface area contributed by atoms with Crippen LogP contribution in [-0.4, -0.2) is 21.3 Å². The molecule has 1 heterocycles. The van der Waals surface area contributed by atoms with Gasteiger partial charge >= 0.3 is 0 Å². The van der Waals surface area contributed by atoms with Crippen molar-refractivity contribution in [2.45, 2.75) is 69.7 Å². The minimum Gasteiger partial charge on any atom is -0.489 e. The summed E-state index contributed by atoms with van der Waals surface area (Å²) in [4.78, 5) is 4.33. The summed E-state index contributed by atoms with van der Waals surface area (Å²) < 4.78 is 19.6. The molecule has 2 aromatic carbocycles. The highest BCUT2D eigenvalue weighted by molar-refractivity contribution is 5.44. The van der Waals surface area contributed by atoms with Crippen molar-refractivity contribution in [3.05, 3.63) is 94.6 Å². The van der Waals surface area contributed by atoms with Crippen LogP contribution in [0.2, 0.25) is 0 Å². The van der Waals surface area contributed by atoms with Crippen LogP contribution in [0, 0.1) is 18.7 Å². The zero-order valence-corrected chi connectivity index (χ0v) is 19.8. The Morgan fingerprint density at radius 3 is 2.65 bits per heavy atom. The van der Waals surface area contributed by atoms with Crippen LogP contribution in [0.4, 0.5) is 4.39 Å². The number of hydrogen-bond donors (Lipinski definition) is 2. The van der Waals surface area contributed by atoms with Gasteiger partial charge < -0.3 is 14.9 Å². The average molecular weight is 462 g/mol. The van der Waals surface area contributed by atoms with Crippen molar-refractivity contribution in [1.82, 2.24) is 4.98 Å². The quantitative estimate of drug-likeness (QED) is 0.537. The zero-order chi connectivity index (χ0) is 23.9. The number of fused-ring (bicyclic) bond motifs is 3. The number of aryl methyl sites for hydroxylation is 2. The van der Waals surface area contributed by atoms with E-state index in [1.54, 1.807) is 18.3 Å². The molecule has 5 heteroatoms. The molecule has 1 aromatic heterocycles. The van der Waals surface area contributed by atoms with Gasteiger partial charge in [0, 0.05) is 22.9 Å². The normalized spacial score (nSPS) is 28.1. The van der Waals surface area contributed by atoms with Crippen LogP contribution in [0.15, 0.2) is 60.8 Å². The van der Waals surface area contributed by atoms with E-state index in [-0.39, 0.29) is 17.2 Å². The van der Waals surface area contributed by atoms with Gasteiger partial charge in [0.1, 0.15) is 23.8 Å². The Hall–Kier alpha value is -2.76. The molecule has 0 aliphatic heterocycles. The molecule has 0 amide bonds. The van der Waals surface area contributed by atoms with Gasteiger partial charge in [-0.25, -0.2) is 4.39 Å². The number of ether oxygens (including phenoxy) is 1. The number of hydrogen-bond acceptors (Lipinski definition) is 4. The van der Waals surface area contributed by atoms with E-state index in [2.05, 4.69) is 24.0 Å². The van der Waals surface area contributed by atoms with E-state index in [1.807, 2.05) is 25.1 Å². The molecule has 2 aliphatic rings. The molecular formula is C29H32FNO3. The highest BCUT2D eigenvalue weighted by Gasteiger charge is 2.55. The van der Waals surface area contributed by atoms with Crippen LogP contribution in [0.1, 0.15) is 60.6 Å². The van der Waals surface area contributed by atoms with Crippen LogP contribution in [-0.2, 0) is 24.0 Å². The second-order valence-electron chi connectivity index (χ2n) is 9.96. The predicted molar refractivity (Wildman–Crippen MR) is 129 cm³/mol. The van der Waals surface area contributed by atoms with Crippen molar-refractivity contribution in [3.8, 4) is 5.75 Å². The maximum absolute atomic E-state index is 13.5. The number of aliphatic hydroxyl groups is 2. The van der Waals surface area contributed by atoms with Gasteiger partial charge in [0.15, 0.2) is 0 Å². The Balaban J connectivity index is 1.41. The van der Waals surface area contributed by atoms with E-state index in [4.69, 9.17) is 4.74 Å². The molecule has 1 fully saturated rings. The summed E-state index contributed by atoms with van der Waals surface area (Å²) >= 11 is 0. The first-order chi connectivity index (χ1) is 16.4. The van der Waals surface area contributed by atoms with E-state index >= 15 is 0 Å².